The molecule has 6 heteroatoms. The maximum absolute atomic E-state index is 12.8. The van der Waals surface area contributed by atoms with Gasteiger partial charge in [0.05, 0.1) is 22.3 Å². The fraction of sp³-hybridized carbons (Fsp3) is 0.240. The van der Waals surface area contributed by atoms with Crippen LogP contribution in [0, 0.1) is 18.3 Å². The van der Waals surface area contributed by atoms with E-state index in [1.54, 1.807) is 29.5 Å². The fourth-order valence-electron chi connectivity index (χ4n) is 3.05. The summed E-state index contributed by atoms with van der Waals surface area (Å²) in [6.07, 6.45) is 4.28. The Bertz CT molecular complexity index is 1080. The number of nitriles is 1. The molecule has 1 heterocycles. The number of hydrogen-bond acceptors (Lipinski definition) is 5. The van der Waals surface area contributed by atoms with Crippen LogP contribution in [0.5, 0.6) is 5.75 Å². The van der Waals surface area contributed by atoms with Gasteiger partial charge in [0.25, 0.3) is 0 Å². The molecule has 0 aliphatic heterocycles. The minimum absolute atomic E-state index is 0.0459. The first kappa shape index (κ1) is 22.3. The van der Waals surface area contributed by atoms with Crippen LogP contribution in [-0.4, -0.2) is 22.3 Å². The van der Waals surface area contributed by atoms with E-state index in [1.807, 2.05) is 66.6 Å². The first-order valence-electron chi connectivity index (χ1n) is 10.2. The van der Waals surface area contributed by atoms with Crippen molar-refractivity contribution in [2.75, 3.05) is 6.54 Å². The second-order valence-electron chi connectivity index (χ2n) is 7.12. The summed E-state index contributed by atoms with van der Waals surface area (Å²) >= 11 is 1.60. The number of hydrogen-bond donors (Lipinski definition) is 0. The van der Waals surface area contributed by atoms with Gasteiger partial charge >= 0.3 is 0 Å². The van der Waals surface area contributed by atoms with Gasteiger partial charge in [0, 0.05) is 24.5 Å². The number of nitrogens with zero attached hydrogens (tertiary/aromatic N) is 3. The summed E-state index contributed by atoms with van der Waals surface area (Å²) in [7, 11) is 0. The van der Waals surface area contributed by atoms with Crippen molar-refractivity contribution in [3.05, 3.63) is 87.4 Å². The van der Waals surface area contributed by atoms with Gasteiger partial charge in [-0.3, -0.25) is 4.79 Å². The molecule has 3 rings (SSSR count). The van der Waals surface area contributed by atoms with Crippen LogP contribution in [0.15, 0.2) is 60.0 Å². The van der Waals surface area contributed by atoms with E-state index in [2.05, 4.69) is 11.1 Å². The van der Waals surface area contributed by atoms with Crippen LogP contribution in [0.2, 0.25) is 0 Å². The summed E-state index contributed by atoms with van der Waals surface area (Å²) in [6.45, 7) is 5.62. The van der Waals surface area contributed by atoms with Crippen molar-refractivity contribution in [1.29, 1.82) is 5.26 Å². The third-order valence-corrected chi connectivity index (χ3v) is 5.41. The number of benzene rings is 2. The van der Waals surface area contributed by atoms with Gasteiger partial charge in [0.2, 0.25) is 5.91 Å². The van der Waals surface area contributed by atoms with Gasteiger partial charge in [-0.1, -0.05) is 31.2 Å². The third-order valence-electron chi connectivity index (χ3n) is 4.59. The molecule has 0 radical (unpaired) electrons. The lowest BCUT2D eigenvalue weighted by Crippen LogP contribution is -2.29. The number of carbonyl (C=O) groups is 1. The highest BCUT2D eigenvalue weighted by Crippen LogP contribution is 2.17. The SMILES string of the molecule is CCCN(Cc1ccc(C#N)cc1)C(=O)/C=C/c1cccc(OCc2csc(C)n2)c1. The van der Waals surface area contributed by atoms with Crippen molar-refractivity contribution in [3.63, 3.8) is 0 Å². The molecular formula is C25H25N3O2S. The average molecular weight is 432 g/mol. The minimum Gasteiger partial charge on any atom is -0.487 e. The zero-order valence-electron chi connectivity index (χ0n) is 17.7. The quantitative estimate of drug-likeness (QED) is 0.428. The Kier molecular flexibility index (Phi) is 7.97. The second kappa shape index (κ2) is 11.1. The van der Waals surface area contributed by atoms with Crippen LogP contribution in [0.1, 0.15) is 40.7 Å². The molecule has 0 unspecified atom stereocenters. The summed E-state index contributed by atoms with van der Waals surface area (Å²) in [5.74, 6) is 0.693. The summed E-state index contributed by atoms with van der Waals surface area (Å²) in [4.78, 5) is 19.0. The molecular weight excluding hydrogens is 406 g/mol. The maximum Gasteiger partial charge on any atom is 0.246 e. The monoisotopic (exact) mass is 431 g/mol. The standard InChI is InChI=1S/C25H25N3O2S/c1-3-13-28(16-22-9-7-21(15-26)8-10-22)25(29)12-11-20-5-4-6-24(14-20)30-17-23-18-31-19(2)27-23/h4-12,14,18H,3,13,16-17H2,1-2H3/b12-11+. The predicted octanol–water partition coefficient (Wildman–Crippen LogP) is 5.35. The second-order valence-corrected chi connectivity index (χ2v) is 8.18. The van der Waals surface area contributed by atoms with E-state index >= 15 is 0 Å². The molecule has 0 atom stereocenters. The van der Waals surface area contributed by atoms with E-state index < -0.39 is 0 Å². The van der Waals surface area contributed by atoms with Gasteiger partial charge in [-0.15, -0.1) is 11.3 Å². The molecule has 1 amide bonds. The van der Waals surface area contributed by atoms with E-state index in [1.165, 1.54) is 0 Å². The highest BCUT2D eigenvalue weighted by Gasteiger charge is 2.10. The lowest BCUT2D eigenvalue weighted by Gasteiger charge is -2.20. The summed E-state index contributed by atoms with van der Waals surface area (Å²) < 4.78 is 5.83. The first-order chi connectivity index (χ1) is 15.1. The Hall–Kier alpha value is -3.43. The highest BCUT2D eigenvalue weighted by molar-refractivity contribution is 7.09. The van der Waals surface area contributed by atoms with Crippen molar-refractivity contribution in [1.82, 2.24) is 9.88 Å². The fourth-order valence-corrected chi connectivity index (χ4v) is 3.65. The van der Waals surface area contributed by atoms with Crippen LogP contribution in [-0.2, 0) is 17.9 Å². The van der Waals surface area contributed by atoms with Gasteiger partial charge in [0.15, 0.2) is 0 Å². The summed E-state index contributed by atoms with van der Waals surface area (Å²) in [6, 6.07) is 17.1. The first-order valence-corrected chi connectivity index (χ1v) is 11.0. The van der Waals surface area contributed by atoms with Gasteiger partial charge < -0.3 is 9.64 Å². The largest absolute Gasteiger partial charge is 0.487 e. The number of rotatable bonds is 9. The number of carbonyl (C=O) groups excluding carboxylic acids is 1. The van der Waals surface area contributed by atoms with Gasteiger partial charge in [-0.25, -0.2) is 4.98 Å². The Morgan fingerprint density at radius 1 is 1.26 bits per heavy atom. The molecule has 0 saturated carbocycles. The lowest BCUT2D eigenvalue weighted by molar-refractivity contribution is -0.126. The average Bonchev–Trinajstić information content (AvgIpc) is 3.21. The van der Waals surface area contributed by atoms with Crippen LogP contribution in [0.25, 0.3) is 6.08 Å². The van der Waals surface area contributed by atoms with Crippen LogP contribution < -0.4 is 4.74 Å². The minimum atomic E-state index is -0.0459. The molecule has 31 heavy (non-hydrogen) atoms. The number of aryl methyl sites for hydroxylation is 1. The maximum atomic E-state index is 12.8. The molecule has 0 aliphatic carbocycles. The molecule has 1 aromatic heterocycles. The zero-order valence-corrected chi connectivity index (χ0v) is 18.6. The third kappa shape index (κ3) is 6.80. The van der Waals surface area contributed by atoms with E-state index in [0.29, 0.717) is 25.3 Å². The van der Waals surface area contributed by atoms with Crippen molar-refractivity contribution in [2.24, 2.45) is 0 Å². The van der Waals surface area contributed by atoms with Crippen molar-refractivity contribution in [3.8, 4) is 11.8 Å². The van der Waals surface area contributed by atoms with Gasteiger partial charge in [-0.2, -0.15) is 5.26 Å². The molecule has 0 bridgehead atoms. The Balaban J connectivity index is 1.62. The molecule has 0 saturated heterocycles. The topological polar surface area (TPSA) is 66.2 Å². The molecule has 0 spiro atoms. The number of amides is 1. The Morgan fingerprint density at radius 2 is 2.06 bits per heavy atom. The Labute approximate surface area is 187 Å². The van der Waals surface area contributed by atoms with Crippen molar-refractivity contribution in [2.45, 2.75) is 33.4 Å². The lowest BCUT2D eigenvalue weighted by atomic mass is 10.1. The Morgan fingerprint density at radius 3 is 2.74 bits per heavy atom. The summed E-state index contributed by atoms with van der Waals surface area (Å²) in [5.41, 5.74) is 3.43. The number of aromatic nitrogens is 1. The molecule has 0 fully saturated rings. The smallest absolute Gasteiger partial charge is 0.246 e. The van der Waals surface area contributed by atoms with E-state index in [0.717, 1.165) is 34.0 Å². The number of thiazole rings is 1. The van der Waals surface area contributed by atoms with Crippen LogP contribution in [0.4, 0.5) is 0 Å². The van der Waals surface area contributed by atoms with Gasteiger partial charge in [-0.05, 0) is 54.8 Å². The summed E-state index contributed by atoms with van der Waals surface area (Å²) in [5, 5.41) is 12.0. The molecule has 0 aliphatic rings. The highest BCUT2D eigenvalue weighted by atomic mass is 32.1. The van der Waals surface area contributed by atoms with Crippen molar-refractivity contribution < 1.29 is 9.53 Å². The van der Waals surface area contributed by atoms with E-state index in [-0.39, 0.29) is 5.91 Å². The molecule has 2 aromatic carbocycles. The predicted molar refractivity (Wildman–Crippen MR) is 124 cm³/mol. The number of ether oxygens (including phenoxy) is 1. The van der Waals surface area contributed by atoms with E-state index in [4.69, 9.17) is 10.00 Å². The van der Waals surface area contributed by atoms with Gasteiger partial charge in [0.1, 0.15) is 12.4 Å². The molecule has 0 N–H and O–H groups in total. The molecule has 5 nitrogen and oxygen atoms in total. The zero-order chi connectivity index (χ0) is 22.1. The van der Waals surface area contributed by atoms with E-state index in [9.17, 15) is 4.79 Å². The van der Waals surface area contributed by atoms with Crippen LogP contribution >= 0.6 is 11.3 Å². The molecule has 158 valence electrons. The normalized spacial score (nSPS) is 10.7. The molecule has 3 aromatic rings. The van der Waals surface area contributed by atoms with Crippen molar-refractivity contribution >= 4 is 23.3 Å². The van der Waals surface area contributed by atoms with Crippen LogP contribution in [0.3, 0.4) is 0 Å².